The van der Waals surface area contributed by atoms with E-state index in [1.165, 1.54) is 0 Å². The first-order valence-corrected chi connectivity index (χ1v) is 13.5. The van der Waals surface area contributed by atoms with Gasteiger partial charge in [0.2, 0.25) is 0 Å². The number of para-hydroxylation sites is 2. The second-order valence-electron chi connectivity index (χ2n) is 10.0. The summed E-state index contributed by atoms with van der Waals surface area (Å²) in [5, 5.41) is 4.41. The first-order chi connectivity index (χ1) is 19.9. The summed E-state index contributed by atoms with van der Waals surface area (Å²) < 4.78 is 13.4. The molecule has 2 heteroatoms. The minimum absolute atomic E-state index is 0.858. The van der Waals surface area contributed by atoms with Crippen LogP contribution in [0.3, 0.4) is 0 Å². The van der Waals surface area contributed by atoms with Crippen LogP contribution in [0.4, 0.5) is 0 Å². The van der Waals surface area contributed by atoms with Gasteiger partial charge in [-0.2, -0.15) is 0 Å². The molecule has 0 unspecified atom stereocenters. The highest BCUT2D eigenvalue weighted by Gasteiger charge is 2.24. The van der Waals surface area contributed by atoms with E-state index in [2.05, 4.69) is 127 Å². The Morgan fingerprint density at radius 1 is 0.325 bits per heavy atom. The zero-order valence-corrected chi connectivity index (χ0v) is 21.7. The van der Waals surface area contributed by atoms with Crippen LogP contribution < -0.4 is 0 Å². The van der Waals surface area contributed by atoms with Crippen LogP contribution in [0.25, 0.3) is 77.6 Å². The molecular weight excluding hydrogens is 488 g/mol. The predicted molar refractivity (Wildman–Crippen MR) is 165 cm³/mol. The second-order valence-corrected chi connectivity index (χ2v) is 10.0. The highest BCUT2D eigenvalue weighted by molar-refractivity contribution is 6.13. The maximum absolute atomic E-state index is 6.90. The highest BCUT2D eigenvalue weighted by Crippen LogP contribution is 2.48. The van der Waals surface area contributed by atoms with Crippen molar-refractivity contribution in [3.8, 4) is 44.9 Å². The van der Waals surface area contributed by atoms with Crippen LogP contribution in [0, 0.1) is 0 Å². The fourth-order valence-corrected chi connectivity index (χ4v) is 5.92. The van der Waals surface area contributed by atoms with Crippen molar-refractivity contribution in [2.24, 2.45) is 0 Å². The van der Waals surface area contributed by atoms with Crippen LogP contribution in [0.15, 0.2) is 154 Å². The van der Waals surface area contributed by atoms with Crippen molar-refractivity contribution in [2.45, 2.75) is 0 Å². The smallest absolute Gasteiger partial charge is 0.143 e. The summed E-state index contributed by atoms with van der Waals surface area (Å²) in [5.74, 6) is 1.74. The van der Waals surface area contributed by atoms with E-state index in [4.69, 9.17) is 8.83 Å². The quantitative estimate of drug-likeness (QED) is 0.234. The van der Waals surface area contributed by atoms with Crippen molar-refractivity contribution >= 4 is 32.7 Å². The predicted octanol–water partition coefficient (Wildman–Crippen LogP) is 11.0. The molecule has 0 aliphatic carbocycles. The van der Waals surface area contributed by atoms with E-state index in [1.54, 1.807) is 0 Å². The number of hydrogen-bond acceptors (Lipinski definition) is 2. The number of benzene rings is 6. The molecule has 8 aromatic rings. The Morgan fingerprint density at radius 2 is 0.875 bits per heavy atom. The van der Waals surface area contributed by atoms with Gasteiger partial charge in [-0.3, -0.25) is 0 Å². The Morgan fingerprint density at radius 3 is 1.65 bits per heavy atom. The first-order valence-electron chi connectivity index (χ1n) is 13.5. The van der Waals surface area contributed by atoms with Crippen LogP contribution in [-0.2, 0) is 0 Å². The molecule has 2 nitrogen and oxygen atoms in total. The summed E-state index contributed by atoms with van der Waals surface area (Å²) in [6, 6.07) is 50.5. The average Bonchev–Trinajstić information content (AvgIpc) is 3.61. The van der Waals surface area contributed by atoms with Gasteiger partial charge < -0.3 is 8.83 Å². The Balaban J connectivity index is 1.49. The third kappa shape index (κ3) is 3.50. The summed E-state index contributed by atoms with van der Waals surface area (Å²) in [4.78, 5) is 0. The first kappa shape index (κ1) is 22.6. The minimum Gasteiger partial charge on any atom is -0.455 e. The lowest BCUT2D eigenvalue weighted by Gasteiger charge is -2.15. The Bertz CT molecular complexity index is 2150. The van der Waals surface area contributed by atoms with Crippen LogP contribution >= 0.6 is 0 Å². The molecule has 0 radical (unpaired) electrons. The Labute approximate surface area is 231 Å². The van der Waals surface area contributed by atoms with Gasteiger partial charge >= 0.3 is 0 Å². The van der Waals surface area contributed by atoms with Gasteiger partial charge in [-0.15, -0.1) is 0 Å². The monoisotopic (exact) mass is 512 g/mol. The number of fused-ring (bicyclic) bond motifs is 4. The highest BCUT2D eigenvalue weighted by atomic mass is 16.3. The molecule has 40 heavy (non-hydrogen) atoms. The summed E-state index contributed by atoms with van der Waals surface area (Å²) >= 11 is 0. The standard InChI is InChI=1S/C38H24O2/c1-3-13-25(14-4-1)27-20-11-21-29(31-23-12-22-30-28-17-9-10-24-34(28)39-37(30)31)35(27)38-33-19-8-7-18-32(33)36(40-38)26-15-5-2-6-16-26/h1-24H. The van der Waals surface area contributed by atoms with Crippen molar-refractivity contribution in [2.75, 3.05) is 0 Å². The fraction of sp³-hybridized carbons (Fsp3) is 0. The summed E-state index contributed by atoms with van der Waals surface area (Å²) in [7, 11) is 0. The lowest BCUT2D eigenvalue weighted by molar-refractivity contribution is 0.602. The summed E-state index contributed by atoms with van der Waals surface area (Å²) in [6.45, 7) is 0. The van der Waals surface area contributed by atoms with E-state index in [0.717, 1.165) is 77.6 Å². The largest absolute Gasteiger partial charge is 0.455 e. The van der Waals surface area contributed by atoms with Crippen molar-refractivity contribution in [1.82, 2.24) is 0 Å². The Kier molecular flexibility index (Phi) is 5.17. The lowest BCUT2D eigenvalue weighted by atomic mass is 9.88. The Hall–Kier alpha value is -5.34. The van der Waals surface area contributed by atoms with Gasteiger partial charge in [0.15, 0.2) is 0 Å². The van der Waals surface area contributed by atoms with E-state index >= 15 is 0 Å². The van der Waals surface area contributed by atoms with E-state index in [9.17, 15) is 0 Å². The van der Waals surface area contributed by atoms with Gasteiger partial charge in [-0.25, -0.2) is 0 Å². The number of rotatable bonds is 4. The fourth-order valence-electron chi connectivity index (χ4n) is 5.92. The molecule has 0 saturated heterocycles. The SMILES string of the molecule is c1ccc(-c2cccc(-c3cccc4c3oc3ccccc34)c2-c2oc(-c3ccccc3)c3ccccc23)cc1. The molecule has 0 atom stereocenters. The molecule has 0 fully saturated rings. The van der Waals surface area contributed by atoms with Crippen LogP contribution in [0.2, 0.25) is 0 Å². The molecule has 6 aromatic carbocycles. The van der Waals surface area contributed by atoms with Crippen LogP contribution in [0.5, 0.6) is 0 Å². The summed E-state index contributed by atoms with van der Waals surface area (Å²) in [6.07, 6.45) is 0. The zero-order chi connectivity index (χ0) is 26.5. The van der Waals surface area contributed by atoms with Gasteiger partial charge in [-0.1, -0.05) is 140 Å². The van der Waals surface area contributed by atoms with E-state index in [0.29, 0.717) is 0 Å². The number of furan rings is 2. The third-order valence-corrected chi connectivity index (χ3v) is 7.73. The van der Waals surface area contributed by atoms with Crippen molar-refractivity contribution in [3.63, 3.8) is 0 Å². The van der Waals surface area contributed by atoms with Crippen LogP contribution in [0.1, 0.15) is 0 Å². The van der Waals surface area contributed by atoms with Crippen molar-refractivity contribution in [3.05, 3.63) is 146 Å². The second kappa shape index (κ2) is 9.14. The molecule has 0 amide bonds. The van der Waals surface area contributed by atoms with E-state index in [1.807, 2.05) is 18.2 Å². The lowest BCUT2D eigenvalue weighted by Crippen LogP contribution is -1.90. The molecule has 0 saturated carbocycles. The molecule has 2 heterocycles. The molecule has 188 valence electrons. The average molecular weight is 513 g/mol. The maximum Gasteiger partial charge on any atom is 0.143 e. The molecule has 0 bridgehead atoms. The molecule has 8 rings (SSSR count). The molecule has 0 aliphatic rings. The topological polar surface area (TPSA) is 26.3 Å². The van der Waals surface area contributed by atoms with E-state index < -0.39 is 0 Å². The van der Waals surface area contributed by atoms with E-state index in [-0.39, 0.29) is 0 Å². The summed E-state index contributed by atoms with van der Waals surface area (Å²) in [5.41, 5.74) is 8.26. The molecule has 0 aliphatic heterocycles. The van der Waals surface area contributed by atoms with Gasteiger partial charge in [0, 0.05) is 38.2 Å². The van der Waals surface area contributed by atoms with Gasteiger partial charge in [0.25, 0.3) is 0 Å². The molecular formula is C38H24O2. The molecule has 0 N–H and O–H groups in total. The third-order valence-electron chi connectivity index (χ3n) is 7.73. The van der Waals surface area contributed by atoms with Crippen molar-refractivity contribution < 1.29 is 8.83 Å². The zero-order valence-electron chi connectivity index (χ0n) is 21.7. The van der Waals surface area contributed by atoms with Gasteiger partial charge in [-0.05, 0) is 22.8 Å². The molecule has 2 aromatic heterocycles. The normalized spacial score (nSPS) is 11.5. The van der Waals surface area contributed by atoms with Gasteiger partial charge in [0.1, 0.15) is 22.7 Å². The number of hydrogen-bond donors (Lipinski definition) is 0. The molecule has 0 spiro atoms. The van der Waals surface area contributed by atoms with Crippen molar-refractivity contribution in [1.29, 1.82) is 0 Å². The minimum atomic E-state index is 0.858. The maximum atomic E-state index is 6.90. The van der Waals surface area contributed by atoms with Gasteiger partial charge in [0.05, 0.1) is 0 Å². The van der Waals surface area contributed by atoms with Crippen LogP contribution in [-0.4, -0.2) is 0 Å².